The lowest BCUT2D eigenvalue weighted by Gasteiger charge is -2.25. The number of benzene rings is 4. The fraction of sp³-hybridized carbons (Fsp3) is 0.188. The van der Waals surface area contributed by atoms with Crippen LogP contribution in [0.2, 0.25) is 0 Å². The number of carbonyl (C=O) groups is 2. The van der Waals surface area contributed by atoms with E-state index in [0.717, 1.165) is 22.3 Å². The van der Waals surface area contributed by atoms with Gasteiger partial charge in [-0.15, -0.1) is 0 Å². The summed E-state index contributed by atoms with van der Waals surface area (Å²) in [5.74, 6) is 0.654. The fourth-order valence-electron chi connectivity index (χ4n) is 4.74. The first-order chi connectivity index (χ1) is 19.6. The third-order valence-corrected chi connectivity index (χ3v) is 6.69. The number of rotatable bonds is 10. The number of amides is 1. The molecule has 0 fully saturated rings. The first-order valence-electron chi connectivity index (χ1n) is 12.8. The van der Waals surface area contributed by atoms with Gasteiger partial charge in [-0.2, -0.15) is 0 Å². The largest absolute Gasteiger partial charge is 0.497 e. The topological polar surface area (TPSA) is 83.5 Å². The molecule has 0 atom stereocenters. The molecule has 1 aliphatic rings. The van der Waals surface area contributed by atoms with Gasteiger partial charge in [-0.1, -0.05) is 66.7 Å². The van der Waals surface area contributed by atoms with Crippen molar-refractivity contribution >= 4 is 17.7 Å². The second-order valence-corrected chi connectivity index (χ2v) is 9.02. The number of ether oxygens (including phenoxy) is 5. The second-order valence-electron chi connectivity index (χ2n) is 9.02. The highest BCUT2D eigenvalue weighted by atomic mass is 16.6. The maximum atomic E-state index is 13.5. The van der Waals surface area contributed by atoms with Crippen molar-refractivity contribution in [2.45, 2.75) is 5.92 Å². The summed E-state index contributed by atoms with van der Waals surface area (Å²) in [5, 5.41) is 0. The number of para-hydroxylation sites is 1. The molecule has 0 N–H and O–H groups in total. The van der Waals surface area contributed by atoms with Gasteiger partial charge in [0.2, 0.25) is 0 Å². The van der Waals surface area contributed by atoms with E-state index in [1.54, 1.807) is 42.5 Å². The predicted molar refractivity (Wildman–Crippen MR) is 150 cm³/mol. The maximum Gasteiger partial charge on any atom is 0.417 e. The number of fused-ring (bicyclic) bond motifs is 3. The molecule has 0 radical (unpaired) electrons. The van der Waals surface area contributed by atoms with Crippen LogP contribution in [0, 0.1) is 0 Å². The van der Waals surface area contributed by atoms with E-state index in [-0.39, 0.29) is 19.1 Å². The van der Waals surface area contributed by atoms with E-state index >= 15 is 0 Å². The summed E-state index contributed by atoms with van der Waals surface area (Å²) in [7, 11) is 3.01. The molecule has 0 spiro atoms. The van der Waals surface area contributed by atoms with Gasteiger partial charge in [0, 0.05) is 12.0 Å². The summed E-state index contributed by atoms with van der Waals surface area (Å²) in [6.07, 6.45) is -0.692. The quantitative estimate of drug-likeness (QED) is 0.179. The third kappa shape index (κ3) is 5.71. The number of anilines is 1. The minimum Gasteiger partial charge on any atom is -0.497 e. The standard InChI is InChI=1S/C32H29NO7/c1-36-23-16-17-29(30(18-23)37-2)33(21-40-31(34)20-38-22-10-4-3-5-11-22)32(35)39-19-28-26-14-8-6-12-24(26)25-13-7-9-15-27(25)28/h3-18,28H,19-21H2,1-2H3. The van der Waals surface area contributed by atoms with Gasteiger partial charge < -0.3 is 23.7 Å². The van der Waals surface area contributed by atoms with Gasteiger partial charge in [-0.3, -0.25) is 0 Å². The second kappa shape index (κ2) is 12.3. The number of carbonyl (C=O) groups excluding carboxylic acids is 2. The molecule has 8 heteroatoms. The van der Waals surface area contributed by atoms with E-state index < -0.39 is 18.8 Å². The average Bonchev–Trinajstić information content (AvgIpc) is 3.33. The molecular formula is C32H29NO7. The number of hydrogen-bond acceptors (Lipinski definition) is 7. The number of nitrogens with zero attached hydrogens (tertiary/aromatic N) is 1. The average molecular weight is 540 g/mol. The molecule has 0 saturated carbocycles. The highest BCUT2D eigenvalue weighted by Gasteiger charge is 2.31. The Morgan fingerprint density at radius 3 is 2.02 bits per heavy atom. The zero-order chi connectivity index (χ0) is 27.9. The van der Waals surface area contributed by atoms with Crippen molar-refractivity contribution in [3.63, 3.8) is 0 Å². The van der Waals surface area contributed by atoms with Crippen LogP contribution in [0.1, 0.15) is 17.0 Å². The molecule has 1 amide bonds. The van der Waals surface area contributed by atoms with Gasteiger partial charge in [-0.25, -0.2) is 14.5 Å². The molecule has 4 aromatic rings. The van der Waals surface area contributed by atoms with E-state index in [4.69, 9.17) is 23.7 Å². The lowest BCUT2D eigenvalue weighted by Crippen LogP contribution is -2.36. The van der Waals surface area contributed by atoms with Crippen molar-refractivity contribution in [3.8, 4) is 28.4 Å². The van der Waals surface area contributed by atoms with Gasteiger partial charge in [0.1, 0.15) is 23.9 Å². The molecule has 8 nitrogen and oxygen atoms in total. The van der Waals surface area contributed by atoms with Gasteiger partial charge >= 0.3 is 12.1 Å². The lowest BCUT2D eigenvalue weighted by atomic mass is 9.98. The van der Waals surface area contributed by atoms with Crippen LogP contribution in [0.15, 0.2) is 97.1 Å². The highest BCUT2D eigenvalue weighted by molar-refractivity contribution is 5.90. The van der Waals surface area contributed by atoms with E-state index in [0.29, 0.717) is 22.9 Å². The van der Waals surface area contributed by atoms with Gasteiger partial charge in [0.25, 0.3) is 0 Å². The Bertz CT molecular complexity index is 1440. The monoisotopic (exact) mass is 539 g/mol. The van der Waals surface area contributed by atoms with Crippen LogP contribution in [0.4, 0.5) is 10.5 Å². The van der Waals surface area contributed by atoms with Crippen LogP contribution in [0.3, 0.4) is 0 Å². The minimum atomic E-state index is -0.692. The molecule has 0 heterocycles. The van der Waals surface area contributed by atoms with Crippen molar-refractivity contribution in [1.82, 2.24) is 0 Å². The predicted octanol–water partition coefficient (Wildman–Crippen LogP) is 6.04. The molecule has 0 aliphatic heterocycles. The van der Waals surface area contributed by atoms with Crippen molar-refractivity contribution in [2.24, 2.45) is 0 Å². The summed E-state index contributed by atoms with van der Waals surface area (Å²) >= 11 is 0. The molecule has 204 valence electrons. The van der Waals surface area contributed by atoms with Crippen LogP contribution in [0.5, 0.6) is 17.2 Å². The van der Waals surface area contributed by atoms with Gasteiger partial charge in [0.15, 0.2) is 13.3 Å². The summed E-state index contributed by atoms with van der Waals surface area (Å²) in [5.41, 5.74) is 4.79. The van der Waals surface area contributed by atoms with Crippen molar-refractivity contribution in [1.29, 1.82) is 0 Å². The molecule has 0 saturated heterocycles. The van der Waals surface area contributed by atoms with Gasteiger partial charge in [-0.05, 0) is 46.5 Å². The van der Waals surface area contributed by atoms with E-state index in [9.17, 15) is 9.59 Å². The van der Waals surface area contributed by atoms with E-state index in [1.165, 1.54) is 19.1 Å². The molecule has 4 aromatic carbocycles. The van der Waals surface area contributed by atoms with Crippen LogP contribution in [-0.4, -0.2) is 46.2 Å². The van der Waals surface area contributed by atoms with E-state index in [2.05, 4.69) is 12.1 Å². The lowest BCUT2D eigenvalue weighted by molar-refractivity contribution is -0.145. The Hall–Kier alpha value is -4.98. The fourth-order valence-corrected chi connectivity index (χ4v) is 4.74. The van der Waals surface area contributed by atoms with Crippen LogP contribution in [0.25, 0.3) is 11.1 Å². The SMILES string of the molecule is COc1ccc(N(COC(=O)COc2ccccc2)C(=O)OCC2c3ccccc3-c3ccccc32)c(OC)c1. The molecule has 0 unspecified atom stereocenters. The van der Waals surface area contributed by atoms with Crippen LogP contribution >= 0.6 is 0 Å². The summed E-state index contributed by atoms with van der Waals surface area (Å²) in [4.78, 5) is 27.2. The summed E-state index contributed by atoms with van der Waals surface area (Å²) < 4.78 is 27.5. The minimum absolute atomic E-state index is 0.104. The molecule has 5 rings (SSSR count). The Balaban J connectivity index is 1.33. The first-order valence-corrected chi connectivity index (χ1v) is 12.8. The van der Waals surface area contributed by atoms with Crippen LogP contribution in [-0.2, 0) is 14.3 Å². The Labute approximate surface area is 232 Å². The van der Waals surface area contributed by atoms with E-state index in [1.807, 2.05) is 42.5 Å². The van der Waals surface area contributed by atoms with Crippen molar-refractivity contribution < 1.29 is 33.3 Å². The third-order valence-electron chi connectivity index (χ3n) is 6.69. The maximum absolute atomic E-state index is 13.5. The van der Waals surface area contributed by atoms with Gasteiger partial charge in [0.05, 0.1) is 19.9 Å². The van der Waals surface area contributed by atoms with Crippen LogP contribution < -0.4 is 19.1 Å². The Kier molecular flexibility index (Phi) is 8.15. The number of esters is 1. The first kappa shape index (κ1) is 26.6. The number of methoxy groups -OCH3 is 2. The molecule has 0 aromatic heterocycles. The van der Waals surface area contributed by atoms with Crippen molar-refractivity contribution in [2.75, 3.05) is 39.1 Å². The summed E-state index contributed by atoms with van der Waals surface area (Å²) in [6, 6.07) is 30.1. The smallest absolute Gasteiger partial charge is 0.417 e. The summed E-state index contributed by atoms with van der Waals surface area (Å²) in [6.45, 7) is -0.620. The molecule has 1 aliphatic carbocycles. The zero-order valence-electron chi connectivity index (χ0n) is 22.2. The molecular weight excluding hydrogens is 510 g/mol. The normalized spacial score (nSPS) is 11.7. The zero-order valence-corrected chi connectivity index (χ0v) is 22.2. The van der Waals surface area contributed by atoms with Crippen molar-refractivity contribution in [3.05, 3.63) is 108 Å². The molecule has 40 heavy (non-hydrogen) atoms. The Morgan fingerprint density at radius 1 is 0.725 bits per heavy atom. The highest BCUT2D eigenvalue weighted by Crippen LogP contribution is 2.44. The molecule has 0 bridgehead atoms. The Morgan fingerprint density at radius 2 is 1.38 bits per heavy atom. The number of hydrogen-bond donors (Lipinski definition) is 0.